The van der Waals surface area contributed by atoms with Crippen LogP contribution in [0.3, 0.4) is 0 Å². The summed E-state index contributed by atoms with van der Waals surface area (Å²) in [6, 6.07) is 14.7. The molecule has 2 aromatic heterocycles. The number of nitrogens with one attached hydrogen (secondary N) is 1. The van der Waals surface area contributed by atoms with Crippen molar-refractivity contribution in [1.29, 1.82) is 0 Å². The molecule has 0 amide bonds. The van der Waals surface area contributed by atoms with Crippen molar-refractivity contribution in [2.75, 3.05) is 6.54 Å². The molecule has 0 unspecified atom stereocenters. The Labute approximate surface area is 169 Å². The molecule has 4 aromatic rings. The van der Waals surface area contributed by atoms with Crippen LogP contribution in [0.4, 0.5) is 4.39 Å². The molecule has 6 heteroatoms. The van der Waals surface area contributed by atoms with Gasteiger partial charge in [-0.25, -0.2) is 9.07 Å². The molecule has 2 heterocycles. The fraction of sp³-hybridized carbons (Fsp3) is 0.217. The third-order valence-electron chi connectivity index (χ3n) is 4.87. The molecule has 4 rings (SSSR count). The fourth-order valence-electron chi connectivity index (χ4n) is 3.28. The van der Waals surface area contributed by atoms with Crippen LogP contribution in [0, 0.1) is 12.7 Å². The summed E-state index contributed by atoms with van der Waals surface area (Å²) in [6.45, 7) is 3.58. The second kappa shape index (κ2) is 8.41. The van der Waals surface area contributed by atoms with Gasteiger partial charge in [0.05, 0.1) is 17.6 Å². The molecule has 5 nitrogen and oxygen atoms in total. The molecule has 0 fully saturated rings. The maximum absolute atomic E-state index is 13.4. The van der Waals surface area contributed by atoms with E-state index in [0.717, 1.165) is 35.5 Å². The van der Waals surface area contributed by atoms with Crippen LogP contribution < -0.4 is 5.32 Å². The van der Waals surface area contributed by atoms with E-state index in [1.165, 1.54) is 23.3 Å². The van der Waals surface area contributed by atoms with Crippen LogP contribution in [0.15, 0.2) is 67.1 Å². The van der Waals surface area contributed by atoms with Crippen LogP contribution in [0.2, 0.25) is 0 Å². The van der Waals surface area contributed by atoms with E-state index in [9.17, 15) is 4.39 Å². The number of benzene rings is 2. The molecule has 1 N–H and O–H groups in total. The van der Waals surface area contributed by atoms with Gasteiger partial charge in [-0.15, -0.1) is 0 Å². The summed E-state index contributed by atoms with van der Waals surface area (Å²) in [6.07, 6.45) is 6.87. The number of aryl methyl sites for hydroxylation is 2. The van der Waals surface area contributed by atoms with Crippen molar-refractivity contribution in [3.05, 3.63) is 89.6 Å². The van der Waals surface area contributed by atoms with Crippen LogP contribution in [-0.4, -0.2) is 26.1 Å². The van der Waals surface area contributed by atoms with E-state index < -0.39 is 0 Å². The smallest absolute Gasteiger partial charge is 0.123 e. The lowest BCUT2D eigenvalue weighted by molar-refractivity contribution is 0.628. The third kappa shape index (κ3) is 4.60. The number of rotatable bonds is 7. The molecule has 0 saturated heterocycles. The Morgan fingerprint density at radius 1 is 1.00 bits per heavy atom. The second-order valence-corrected chi connectivity index (χ2v) is 7.24. The first-order valence-electron chi connectivity index (χ1n) is 9.68. The van der Waals surface area contributed by atoms with Gasteiger partial charge < -0.3 is 5.32 Å². The van der Waals surface area contributed by atoms with Gasteiger partial charge in [0.25, 0.3) is 0 Å². The summed E-state index contributed by atoms with van der Waals surface area (Å²) in [4.78, 5) is 0. The molecule has 0 aliphatic carbocycles. The van der Waals surface area contributed by atoms with Crippen LogP contribution in [0.1, 0.15) is 16.7 Å². The van der Waals surface area contributed by atoms with Crippen molar-refractivity contribution in [2.24, 2.45) is 7.05 Å². The monoisotopic (exact) mass is 389 g/mol. The third-order valence-corrected chi connectivity index (χ3v) is 4.87. The van der Waals surface area contributed by atoms with Crippen LogP contribution in [0.25, 0.3) is 16.9 Å². The van der Waals surface area contributed by atoms with Gasteiger partial charge in [-0.1, -0.05) is 17.7 Å². The highest BCUT2D eigenvalue weighted by molar-refractivity contribution is 5.63. The highest BCUT2D eigenvalue weighted by Gasteiger charge is 2.12. The zero-order chi connectivity index (χ0) is 20.2. The van der Waals surface area contributed by atoms with E-state index in [1.54, 1.807) is 12.1 Å². The van der Waals surface area contributed by atoms with Crippen molar-refractivity contribution >= 4 is 0 Å². The number of nitrogens with zero attached hydrogens (tertiary/aromatic N) is 4. The van der Waals surface area contributed by atoms with E-state index in [0.29, 0.717) is 6.54 Å². The maximum atomic E-state index is 13.4. The van der Waals surface area contributed by atoms with Gasteiger partial charge in [0.2, 0.25) is 0 Å². The molecule has 0 aliphatic heterocycles. The Morgan fingerprint density at radius 2 is 1.76 bits per heavy atom. The number of halogens is 1. The molecular weight excluding hydrogens is 365 g/mol. The van der Waals surface area contributed by atoms with Crippen molar-refractivity contribution in [3.63, 3.8) is 0 Å². The predicted molar refractivity (Wildman–Crippen MR) is 112 cm³/mol. The predicted octanol–water partition coefficient (Wildman–Crippen LogP) is 4.05. The highest BCUT2D eigenvalue weighted by atomic mass is 19.1. The standard InChI is InChI=1S/C23H24FN5/c1-17-3-9-22(10-4-17)29-16-20(14-25-12-11-18-13-26-28(2)15-18)23(27-29)19-5-7-21(24)8-6-19/h3-10,13,15-16,25H,11-12,14H2,1-2H3. The molecule has 0 aliphatic rings. The van der Waals surface area contributed by atoms with E-state index in [1.807, 2.05) is 35.0 Å². The van der Waals surface area contributed by atoms with Gasteiger partial charge in [0.1, 0.15) is 5.82 Å². The van der Waals surface area contributed by atoms with Crippen molar-refractivity contribution in [3.8, 4) is 16.9 Å². The summed E-state index contributed by atoms with van der Waals surface area (Å²) in [5, 5.41) is 12.5. The van der Waals surface area contributed by atoms with Crippen LogP contribution >= 0.6 is 0 Å². The molecule has 148 valence electrons. The SMILES string of the molecule is Cc1ccc(-n2cc(CNCCc3cnn(C)c3)c(-c3ccc(F)cc3)n2)cc1. The first kappa shape index (κ1) is 19.1. The molecule has 0 bridgehead atoms. The lowest BCUT2D eigenvalue weighted by Crippen LogP contribution is -2.16. The van der Waals surface area contributed by atoms with Gasteiger partial charge in [-0.05, 0) is 61.9 Å². The van der Waals surface area contributed by atoms with Crippen LogP contribution in [-0.2, 0) is 20.0 Å². The zero-order valence-electron chi connectivity index (χ0n) is 16.6. The highest BCUT2D eigenvalue weighted by Crippen LogP contribution is 2.24. The average Bonchev–Trinajstić information content (AvgIpc) is 3.33. The minimum absolute atomic E-state index is 0.247. The molecule has 0 atom stereocenters. The minimum atomic E-state index is -0.247. The quantitative estimate of drug-likeness (QED) is 0.485. The van der Waals surface area contributed by atoms with E-state index >= 15 is 0 Å². The van der Waals surface area contributed by atoms with E-state index in [-0.39, 0.29) is 5.82 Å². The summed E-state index contributed by atoms with van der Waals surface area (Å²) in [5.74, 6) is -0.247. The summed E-state index contributed by atoms with van der Waals surface area (Å²) < 4.78 is 17.1. The topological polar surface area (TPSA) is 47.7 Å². The van der Waals surface area contributed by atoms with E-state index in [2.05, 4.69) is 41.6 Å². The number of hydrogen-bond donors (Lipinski definition) is 1. The molecule has 0 radical (unpaired) electrons. The van der Waals surface area contributed by atoms with Crippen LogP contribution in [0.5, 0.6) is 0 Å². The number of aromatic nitrogens is 4. The second-order valence-electron chi connectivity index (χ2n) is 7.24. The van der Waals surface area contributed by atoms with Gasteiger partial charge in [0.15, 0.2) is 0 Å². The van der Waals surface area contributed by atoms with Crippen molar-refractivity contribution < 1.29 is 4.39 Å². The fourth-order valence-corrected chi connectivity index (χ4v) is 3.28. The Hall–Kier alpha value is -3.25. The minimum Gasteiger partial charge on any atom is -0.312 e. The summed E-state index contributed by atoms with van der Waals surface area (Å²) >= 11 is 0. The first-order chi connectivity index (χ1) is 14.1. The summed E-state index contributed by atoms with van der Waals surface area (Å²) in [5.41, 5.74) is 6.25. The number of hydrogen-bond acceptors (Lipinski definition) is 3. The Kier molecular flexibility index (Phi) is 5.53. The lowest BCUT2D eigenvalue weighted by atomic mass is 10.1. The molecule has 2 aromatic carbocycles. The first-order valence-corrected chi connectivity index (χ1v) is 9.68. The normalized spacial score (nSPS) is 11.1. The maximum Gasteiger partial charge on any atom is 0.123 e. The van der Waals surface area contributed by atoms with Gasteiger partial charge in [-0.2, -0.15) is 10.2 Å². The molecular formula is C23H24FN5. The molecule has 29 heavy (non-hydrogen) atoms. The van der Waals surface area contributed by atoms with Gasteiger partial charge in [-0.3, -0.25) is 4.68 Å². The van der Waals surface area contributed by atoms with Crippen molar-refractivity contribution in [2.45, 2.75) is 19.9 Å². The lowest BCUT2D eigenvalue weighted by Gasteiger charge is -2.05. The Morgan fingerprint density at radius 3 is 2.45 bits per heavy atom. The Bertz CT molecular complexity index is 1080. The van der Waals surface area contributed by atoms with Gasteiger partial charge >= 0.3 is 0 Å². The summed E-state index contributed by atoms with van der Waals surface area (Å²) in [7, 11) is 1.92. The average molecular weight is 389 g/mol. The zero-order valence-corrected chi connectivity index (χ0v) is 16.6. The molecule has 0 spiro atoms. The van der Waals surface area contributed by atoms with Gasteiger partial charge in [0, 0.05) is 37.1 Å². The molecule has 0 saturated carbocycles. The van der Waals surface area contributed by atoms with Crippen molar-refractivity contribution in [1.82, 2.24) is 24.9 Å². The van der Waals surface area contributed by atoms with E-state index in [4.69, 9.17) is 5.10 Å². The Balaban J connectivity index is 1.54. The largest absolute Gasteiger partial charge is 0.312 e.